The summed E-state index contributed by atoms with van der Waals surface area (Å²) in [5.74, 6) is 0.142. The minimum atomic E-state index is -3.02. The molecule has 0 N–H and O–H groups in total. The number of aromatic nitrogens is 4. The van der Waals surface area contributed by atoms with Gasteiger partial charge in [0.05, 0.1) is 34.1 Å². The Morgan fingerprint density at radius 1 is 1.29 bits per heavy atom. The lowest BCUT2D eigenvalue weighted by atomic mass is 10.0. The molecule has 0 amide bonds. The zero-order valence-corrected chi connectivity index (χ0v) is 13.3. The van der Waals surface area contributed by atoms with Crippen LogP contribution in [0.15, 0.2) is 17.9 Å². The molecule has 0 spiro atoms. The minimum absolute atomic E-state index is 0.142. The van der Waals surface area contributed by atoms with Crippen molar-refractivity contribution in [1.29, 1.82) is 0 Å². The molecule has 0 atom stereocenters. The molecule has 0 unspecified atom stereocenters. The largest absolute Gasteiger partial charge is 0.252 e. The van der Waals surface area contributed by atoms with Crippen LogP contribution in [-0.2, 0) is 16.4 Å². The summed E-state index contributed by atoms with van der Waals surface area (Å²) in [6, 6.07) is 0. The number of thiazole rings is 1. The average molecular weight is 326 g/mol. The second-order valence-electron chi connectivity index (χ2n) is 5.36. The minimum Gasteiger partial charge on any atom is -0.252 e. The van der Waals surface area contributed by atoms with Gasteiger partial charge in [-0.15, -0.1) is 16.4 Å². The molecule has 0 bridgehead atoms. The Bertz CT molecular complexity index is 673. The monoisotopic (exact) mass is 326 g/mol. The van der Waals surface area contributed by atoms with Crippen molar-refractivity contribution in [3.8, 4) is 10.6 Å². The van der Waals surface area contributed by atoms with Crippen molar-refractivity contribution in [3.63, 3.8) is 0 Å². The van der Waals surface area contributed by atoms with Crippen molar-refractivity contribution in [2.45, 2.75) is 43.9 Å². The summed E-state index contributed by atoms with van der Waals surface area (Å²) in [7, 11) is -3.02. The van der Waals surface area contributed by atoms with Gasteiger partial charge >= 0.3 is 0 Å². The normalized spacial score (nSPS) is 17.1. The van der Waals surface area contributed by atoms with E-state index >= 15 is 0 Å². The van der Waals surface area contributed by atoms with Gasteiger partial charge in [-0.25, -0.2) is 8.42 Å². The van der Waals surface area contributed by atoms with Crippen LogP contribution >= 0.6 is 11.3 Å². The molecule has 0 aromatic carbocycles. The first-order chi connectivity index (χ1) is 10.1. The standard InChI is InChI=1S/C13H18N4O2S2/c18-21(19,11-4-2-1-3-5-11)7-6-17-9-12(15-16-17)13-8-14-10-20-13/h8-11H,1-7H2. The number of hydrogen-bond acceptors (Lipinski definition) is 6. The Balaban J connectivity index is 1.62. The molecular weight excluding hydrogens is 308 g/mol. The van der Waals surface area contributed by atoms with Crippen LogP contribution in [0.4, 0.5) is 0 Å². The Morgan fingerprint density at radius 2 is 2.10 bits per heavy atom. The molecule has 0 aliphatic heterocycles. The topological polar surface area (TPSA) is 77.7 Å². The van der Waals surface area contributed by atoms with E-state index in [1.54, 1.807) is 22.6 Å². The molecule has 0 radical (unpaired) electrons. The van der Waals surface area contributed by atoms with E-state index in [1.165, 1.54) is 11.3 Å². The maximum absolute atomic E-state index is 12.3. The molecule has 1 saturated carbocycles. The molecule has 1 fully saturated rings. The first kappa shape index (κ1) is 14.6. The predicted molar refractivity (Wildman–Crippen MR) is 81.8 cm³/mol. The van der Waals surface area contributed by atoms with Gasteiger partial charge in [-0.2, -0.15) is 0 Å². The van der Waals surface area contributed by atoms with Crippen LogP contribution in [0.2, 0.25) is 0 Å². The van der Waals surface area contributed by atoms with Crippen LogP contribution in [0, 0.1) is 0 Å². The Morgan fingerprint density at radius 3 is 2.81 bits per heavy atom. The molecule has 8 heteroatoms. The molecule has 3 rings (SSSR count). The summed E-state index contributed by atoms with van der Waals surface area (Å²) in [5.41, 5.74) is 2.48. The Labute approximate surface area is 128 Å². The van der Waals surface area contributed by atoms with Crippen molar-refractivity contribution in [2.24, 2.45) is 0 Å². The maximum atomic E-state index is 12.3. The molecule has 0 saturated heterocycles. The van der Waals surface area contributed by atoms with Gasteiger partial charge in [0.15, 0.2) is 9.84 Å². The summed E-state index contributed by atoms with van der Waals surface area (Å²) in [4.78, 5) is 4.94. The molecule has 21 heavy (non-hydrogen) atoms. The van der Waals surface area contributed by atoms with E-state index in [1.807, 2.05) is 0 Å². The first-order valence-corrected chi connectivity index (χ1v) is 9.75. The van der Waals surface area contributed by atoms with Crippen molar-refractivity contribution < 1.29 is 8.42 Å². The average Bonchev–Trinajstić information content (AvgIpc) is 3.17. The Kier molecular flexibility index (Phi) is 4.34. The fraction of sp³-hybridized carbons (Fsp3) is 0.615. The fourth-order valence-electron chi connectivity index (χ4n) is 2.67. The number of hydrogen-bond donors (Lipinski definition) is 0. The molecule has 6 nitrogen and oxygen atoms in total. The highest BCUT2D eigenvalue weighted by molar-refractivity contribution is 7.92. The number of aryl methyl sites for hydroxylation is 1. The van der Waals surface area contributed by atoms with Crippen LogP contribution in [0.25, 0.3) is 10.6 Å². The summed E-state index contributed by atoms with van der Waals surface area (Å²) in [6.07, 6.45) is 8.36. The predicted octanol–water partition coefficient (Wildman–Crippen LogP) is 2.15. The van der Waals surface area contributed by atoms with Gasteiger partial charge < -0.3 is 0 Å². The number of nitrogens with zero attached hydrogens (tertiary/aromatic N) is 4. The van der Waals surface area contributed by atoms with Crippen LogP contribution in [0.1, 0.15) is 32.1 Å². The third-order valence-electron chi connectivity index (χ3n) is 3.89. The lowest BCUT2D eigenvalue weighted by Crippen LogP contribution is -2.28. The van der Waals surface area contributed by atoms with Crippen molar-refractivity contribution in [3.05, 3.63) is 17.9 Å². The number of rotatable bonds is 5. The quantitative estimate of drug-likeness (QED) is 0.841. The van der Waals surface area contributed by atoms with E-state index in [0.29, 0.717) is 6.54 Å². The number of sulfone groups is 1. The van der Waals surface area contributed by atoms with E-state index in [0.717, 1.165) is 42.7 Å². The van der Waals surface area contributed by atoms with Gasteiger partial charge in [0.1, 0.15) is 5.69 Å². The van der Waals surface area contributed by atoms with Gasteiger partial charge in [0.2, 0.25) is 0 Å². The lowest BCUT2D eigenvalue weighted by molar-refractivity contribution is 0.480. The second kappa shape index (κ2) is 6.23. The third-order valence-corrected chi connectivity index (χ3v) is 6.92. The molecular formula is C13H18N4O2S2. The molecule has 2 aromatic heterocycles. The third kappa shape index (κ3) is 3.49. The van der Waals surface area contributed by atoms with E-state index in [9.17, 15) is 8.42 Å². The second-order valence-corrected chi connectivity index (χ2v) is 8.65. The Hall–Kier alpha value is -1.28. The molecule has 2 aromatic rings. The van der Waals surface area contributed by atoms with Gasteiger partial charge in [-0.3, -0.25) is 9.67 Å². The summed E-state index contributed by atoms with van der Waals surface area (Å²) in [5, 5.41) is 7.91. The van der Waals surface area contributed by atoms with Gasteiger partial charge in [-0.1, -0.05) is 24.5 Å². The van der Waals surface area contributed by atoms with E-state index in [-0.39, 0.29) is 11.0 Å². The first-order valence-electron chi connectivity index (χ1n) is 7.16. The van der Waals surface area contributed by atoms with Crippen LogP contribution in [-0.4, -0.2) is 39.4 Å². The van der Waals surface area contributed by atoms with Crippen molar-refractivity contribution >= 4 is 21.2 Å². The lowest BCUT2D eigenvalue weighted by Gasteiger charge is -2.21. The fourth-order valence-corrected chi connectivity index (χ4v) is 5.07. The van der Waals surface area contributed by atoms with Crippen LogP contribution in [0.3, 0.4) is 0 Å². The van der Waals surface area contributed by atoms with Crippen molar-refractivity contribution in [2.75, 3.05) is 5.75 Å². The molecule has 2 heterocycles. The van der Waals surface area contributed by atoms with E-state index in [2.05, 4.69) is 15.3 Å². The van der Waals surface area contributed by atoms with Gasteiger partial charge in [-0.05, 0) is 12.8 Å². The van der Waals surface area contributed by atoms with Gasteiger partial charge in [0, 0.05) is 6.20 Å². The van der Waals surface area contributed by atoms with Crippen LogP contribution < -0.4 is 0 Å². The summed E-state index contributed by atoms with van der Waals surface area (Å²) in [6.45, 7) is 0.366. The SMILES string of the molecule is O=S(=O)(CCn1cc(-c2cncs2)nn1)C1CCCCC1. The van der Waals surface area contributed by atoms with E-state index in [4.69, 9.17) is 0 Å². The zero-order chi connectivity index (χ0) is 14.7. The van der Waals surface area contributed by atoms with Crippen LogP contribution in [0.5, 0.6) is 0 Å². The summed E-state index contributed by atoms with van der Waals surface area (Å²) >= 11 is 1.49. The highest BCUT2D eigenvalue weighted by Crippen LogP contribution is 2.24. The summed E-state index contributed by atoms with van der Waals surface area (Å²) < 4.78 is 26.3. The van der Waals surface area contributed by atoms with Gasteiger partial charge in [0.25, 0.3) is 0 Å². The molecule has 1 aliphatic carbocycles. The zero-order valence-electron chi connectivity index (χ0n) is 11.7. The highest BCUT2D eigenvalue weighted by Gasteiger charge is 2.26. The molecule has 1 aliphatic rings. The highest BCUT2D eigenvalue weighted by atomic mass is 32.2. The maximum Gasteiger partial charge on any atom is 0.154 e. The van der Waals surface area contributed by atoms with E-state index < -0.39 is 9.84 Å². The smallest absolute Gasteiger partial charge is 0.154 e. The van der Waals surface area contributed by atoms with Crippen molar-refractivity contribution in [1.82, 2.24) is 20.0 Å². The molecule has 114 valence electrons.